The Morgan fingerprint density at radius 2 is 0.704 bits per heavy atom. The van der Waals surface area contributed by atoms with E-state index in [0.29, 0.717) is 54.1 Å². The summed E-state index contributed by atoms with van der Waals surface area (Å²) in [4.78, 5) is 35.5. The molecule has 2 atom stereocenters. The van der Waals surface area contributed by atoms with Crippen molar-refractivity contribution in [2.75, 3.05) is 26.4 Å². The molecule has 1 amide bonds. The van der Waals surface area contributed by atoms with E-state index < -0.39 is 18.1 Å². The fourth-order valence-corrected chi connectivity index (χ4v) is 11.2. The molecule has 98 heavy (non-hydrogen) atoms. The van der Waals surface area contributed by atoms with Crippen molar-refractivity contribution in [3.05, 3.63) is 266 Å². The summed E-state index contributed by atoms with van der Waals surface area (Å²) >= 11 is 0. The van der Waals surface area contributed by atoms with Gasteiger partial charge in [0.2, 0.25) is 5.91 Å². The van der Waals surface area contributed by atoms with E-state index in [1.807, 2.05) is 144 Å². The first-order chi connectivity index (χ1) is 47.5. The molecule has 16 nitrogen and oxygen atoms in total. The first-order valence-corrected chi connectivity index (χ1v) is 31.7. The molecule has 6 N–H and O–H groups in total. The predicted octanol–water partition coefficient (Wildman–Crippen LogP) is 14.9. The van der Waals surface area contributed by atoms with Gasteiger partial charge in [-0.15, -0.1) is 6.58 Å². The summed E-state index contributed by atoms with van der Waals surface area (Å²) in [6.07, 6.45) is 6.90. The molecule has 0 radical (unpaired) electrons. The van der Waals surface area contributed by atoms with Crippen molar-refractivity contribution < 1.29 is 71.7 Å². The second kappa shape index (κ2) is 33.0. The number of rotatable bonds is 25. The van der Waals surface area contributed by atoms with E-state index in [1.54, 1.807) is 65.6 Å². The number of amides is 1. The van der Waals surface area contributed by atoms with Gasteiger partial charge in [-0.2, -0.15) is 0 Å². The molecule has 19 heteroatoms. The van der Waals surface area contributed by atoms with Crippen molar-refractivity contribution >= 4 is 50.6 Å². The molecule has 0 saturated heterocycles. The topological polar surface area (TPSA) is 219 Å². The van der Waals surface area contributed by atoms with Gasteiger partial charge in [-0.25, -0.2) is 13.2 Å². The Balaban J connectivity index is 0.000000159. The van der Waals surface area contributed by atoms with Crippen molar-refractivity contribution in [3.63, 3.8) is 0 Å². The van der Waals surface area contributed by atoms with Crippen molar-refractivity contribution in [1.29, 1.82) is 0 Å². The van der Waals surface area contributed by atoms with Crippen LogP contribution in [-0.2, 0) is 62.8 Å². The zero-order valence-electron chi connectivity index (χ0n) is 53.9. The highest BCUT2D eigenvalue weighted by Gasteiger charge is 2.19. The number of aromatic nitrogens is 3. The Morgan fingerprint density at radius 3 is 0.990 bits per heavy atom. The van der Waals surface area contributed by atoms with E-state index in [-0.39, 0.29) is 75.1 Å². The van der Waals surface area contributed by atoms with Crippen LogP contribution in [0, 0.1) is 17.5 Å². The largest absolute Gasteiger partial charge is 0.465 e. The number of nitrogens with two attached hydrogens (primary N) is 1. The van der Waals surface area contributed by atoms with Gasteiger partial charge in [0.15, 0.2) is 0 Å². The minimum atomic E-state index is -0.895. The summed E-state index contributed by atoms with van der Waals surface area (Å²) in [7, 11) is 0. The van der Waals surface area contributed by atoms with Crippen LogP contribution < -0.4 is 19.9 Å². The number of primary amides is 1. The zero-order chi connectivity index (χ0) is 69.2. The number of aliphatic hydroxyl groups is 4. The number of hydrogen-bond donors (Lipinski definition) is 5. The second-order valence-corrected chi connectivity index (χ2v) is 22.9. The zero-order valence-corrected chi connectivity index (χ0v) is 53.9. The molecule has 12 rings (SSSR count). The van der Waals surface area contributed by atoms with Gasteiger partial charge in [0.1, 0.15) is 71.6 Å². The molecule has 3 heterocycles. The fraction of sp³-hybridized carbons (Fsp3) is 0.177. The first-order valence-electron chi connectivity index (χ1n) is 31.7. The lowest BCUT2D eigenvalue weighted by molar-refractivity contribution is -0.144. The van der Waals surface area contributed by atoms with E-state index in [1.165, 1.54) is 36.4 Å². The summed E-state index contributed by atoms with van der Waals surface area (Å²) in [5.41, 5.74) is 16.7. The van der Waals surface area contributed by atoms with Gasteiger partial charge in [0.25, 0.3) is 0 Å². The van der Waals surface area contributed by atoms with Gasteiger partial charge >= 0.3 is 11.9 Å². The monoisotopic (exact) mass is 1330 g/mol. The summed E-state index contributed by atoms with van der Waals surface area (Å²) in [5, 5.41) is 41.3. The third-order valence-corrected chi connectivity index (χ3v) is 15.8. The molecule has 0 aliphatic carbocycles. The Bertz CT molecular complexity index is 4690. The van der Waals surface area contributed by atoms with Crippen molar-refractivity contribution in [1.82, 2.24) is 13.7 Å². The first kappa shape index (κ1) is 69.6. The minimum absolute atomic E-state index is 0.0283. The van der Waals surface area contributed by atoms with Gasteiger partial charge in [0, 0.05) is 64.1 Å². The van der Waals surface area contributed by atoms with Gasteiger partial charge in [-0.1, -0.05) is 60.7 Å². The Morgan fingerprint density at radius 1 is 0.429 bits per heavy atom. The van der Waals surface area contributed by atoms with E-state index in [4.69, 9.17) is 29.4 Å². The maximum absolute atomic E-state index is 13.1. The number of benzene rings is 9. The number of nitrogens with zero attached hydrogens (tertiary/aromatic N) is 3. The van der Waals surface area contributed by atoms with E-state index >= 15 is 0 Å². The number of allylic oxidation sites excluding steroid dienone is 1. The summed E-state index contributed by atoms with van der Waals surface area (Å²) in [6, 6.07) is 58.3. The molecule has 0 bridgehead atoms. The van der Waals surface area contributed by atoms with Gasteiger partial charge < -0.3 is 63.5 Å². The molecule has 502 valence electrons. The summed E-state index contributed by atoms with van der Waals surface area (Å²) in [5.74, 6) is 1.61. The molecule has 0 aliphatic heterocycles. The molecule has 0 unspecified atom stereocenters. The lowest BCUT2D eigenvalue weighted by Gasteiger charge is -2.09. The lowest BCUT2D eigenvalue weighted by atomic mass is 10.0. The number of ether oxygens (including phenoxy) is 5. The van der Waals surface area contributed by atoms with E-state index in [0.717, 1.165) is 82.8 Å². The number of carbonyl (C=O) groups is 3. The molecule has 9 aromatic carbocycles. The molecule has 0 fully saturated rings. The second-order valence-electron chi connectivity index (χ2n) is 22.9. The summed E-state index contributed by atoms with van der Waals surface area (Å²) < 4.78 is 72.2. The van der Waals surface area contributed by atoms with Crippen molar-refractivity contribution in [3.8, 4) is 67.9 Å². The third kappa shape index (κ3) is 18.2. The van der Waals surface area contributed by atoms with Crippen LogP contribution in [0.15, 0.2) is 231 Å². The number of halogens is 3. The average Bonchev–Trinajstić information content (AvgIpc) is 1.64. The number of carbonyl (C=O) groups excluding carboxylic acids is 3. The summed E-state index contributed by atoms with van der Waals surface area (Å²) in [6.45, 7) is 7.66. The van der Waals surface area contributed by atoms with E-state index in [2.05, 4.69) is 12.6 Å². The van der Waals surface area contributed by atoms with Crippen LogP contribution in [0.5, 0.6) is 34.5 Å². The SMILES string of the molecule is C=CCc1cn(CC(=O)OCC)c2ccc(-c3ccc(Oc4ccc(F)cc4)cc3)cc12.CCOC(=O)Cn1cc(C[C@H](O)CO)c2cc(-c3ccc(Oc4ccc(F)cc4)cc3)ccc21.NC(=O)Cn1cc(C[C@H](O)CO)c2cc(-c3ccc(Oc4ccc(F)cc4)cc3)ccc21. The maximum Gasteiger partial charge on any atom is 0.325 e. The maximum atomic E-state index is 13.1. The fourth-order valence-electron chi connectivity index (χ4n) is 11.2. The van der Waals surface area contributed by atoms with Crippen molar-refractivity contribution in [2.24, 2.45) is 5.73 Å². The third-order valence-electron chi connectivity index (χ3n) is 15.8. The standard InChI is InChI=1S/C27H26FNO5.C27H24FNO3.C25H23FN2O4/c1-2-33-27(32)16-29-15-20(13-22(31)17-30)25-14-19(5-12-26(25)29)18-3-8-23(9-4-18)34-24-10-6-21(28)7-11-24;1-3-5-21-17-29(18-27(30)31-4-2)26-15-8-20(16-25(21)26)19-6-11-23(12-7-19)32-24-13-9-22(28)10-14-24;26-19-4-8-22(9-5-19)32-21-6-1-16(2-7-21)17-3-10-24-23(12-17)18(11-20(30)15-29)13-28(24)14-25(27)31/h3-12,14-15,22,30-31H,2,13,16-17H2,1H3;3,6-17H,1,4-5,18H2,2H3;1-10,12-13,20,29-30H,11,14-15H2,(H2,27,31)/t22-;;20-/m0.0/s1. The Kier molecular flexibility index (Phi) is 23.4. The van der Waals surface area contributed by atoms with Crippen LogP contribution >= 0.6 is 0 Å². The van der Waals surface area contributed by atoms with Crippen LogP contribution in [0.25, 0.3) is 66.1 Å². The molecular formula is C79H73F3N4O12. The average molecular weight is 1330 g/mol. The predicted molar refractivity (Wildman–Crippen MR) is 371 cm³/mol. The van der Waals surface area contributed by atoms with Gasteiger partial charge in [0.05, 0.1) is 38.6 Å². The smallest absolute Gasteiger partial charge is 0.325 e. The molecule has 0 spiro atoms. The van der Waals surface area contributed by atoms with E-state index in [9.17, 15) is 48.0 Å². The normalized spacial score (nSPS) is 11.6. The van der Waals surface area contributed by atoms with Crippen LogP contribution in [0.4, 0.5) is 13.2 Å². The van der Waals surface area contributed by atoms with Gasteiger partial charge in [-0.3, -0.25) is 14.4 Å². The Hall–Kier alpha value is -11.2. The quantitative estimate of drug-likeness (QED) is 0.0267. The number of fused-ring (bicyclic) bond motifs is 3. The molecule has 3 aromatic heterocycles. The highest BCUT2D eigenvalue weighted by Crippen LogP contribution is 2.35. The highest BCUT2D eigenvalue weighted by atomic mass is 19.1. The molecular weight excluding hydrogens is 1250 g/mol. The molecule has 0 aliphatic rings. The number of hydrogen-bond acceptors (Lipinski definition) is 12. The number of aliphatic hydroxyl groups excluding tert-OH is 4. The minimum Gasteiger partial charge on any atom is -0.465 e. The van der Waals surface area contributed by atoms with Gasteiger partial charge in [-0.05, 0) is 216 Å². The van der Waals surface area contributed by atoms with Crippen LogP contribution in [-0.4, -0.2) is 90.6 Å². The highest BCUT2D eigenvalue weighted by molar-refractivity contribution is 5.92. The van der Waals surface area contributed by atoms with Crippen LogP contribution in [0.3, 0.4) is 0 Å². The Labute approximate surface area is 564 Å². The lowest BCUT2D eigenvalue weighted by Crippen LogP contribution is -2.18. The number of esters is 2. The van der Waals surface area contributed by atoms with Crippen molar-refractivity contribution in [2.45, 2.75) is 65.0 Å². The van der Waals surface area contributed by atoms with Crippen LogP contribution in [0.1, 0.15) is 30.5 Å². The van der Waals surface area contributed by atoms with Crippen LogP contribution in [0.2, 0.25) is 0 Å². The molecule has 0 saturated carbocycles. The molecule has 12 aromatic rings.